The van der Waals surface area contributed by atoms with Crippen LogP contribution in [0.3, 0.4) is 0 Å². The number of piperazine rings is 1. The first-order chi connectivity index (χ1) is 8.70. The molecule has 0 spiro atoms. The number of hydrogen-bond donors (Lipinski definition) is 0. The molecule has 2 nitrogen and oxygen atoms in total. The van der Waals surface area contributed by atoms with Gasteiger partial charge in [-0.2, -0.15) is 0 Å². The zero-order chi connectivity index (χ0) is 13.0. The van der Waals surface area contributed by atoms with Gasteiger partial charge < -0.3 is 4.90 Å². The van der Waals surface area contributed by atoms with Crippen molar-refractivity contribution in [3.8, 4) is 0 Å². The lowest BCUT2D eigenvalue weighted by atomic mass is 10.1. The summed E-state index contributed by atoms with van der Waals surface area (Å²) >= 11 is 0. The molecule has 2 heteroatoms. The number of nitrogens with zero attached hydrogens (tertiary/aromatic N) is 2. The summed E-state index contributed by atoms with van der Waals surface area (Å²) in [4.78, 5) is 5.56. The molecule has 2 saturated heterocycles. The van der Waals surface area contributed by atoms with Gasteiger partial charge in [0.25, 0.3) is 0 Å². The van der Waals surface area contributed by atoms with Gasteiger partial charge in [-0.05, 0) is 31.7 Å². The van der Waals surface area contributed by atoms with Crippen LogP contribution in [-0.4, -0.2) is 48.1 Å². The molecule has 2 rings (SSSR count). The Bertz CT molecular complexity index is 225. The monoisotopic (exact) mass is 252 g/mol. The summed E-state index contributed by atoms with van der Waals surface area (Å²) in [5.74, 6) is 0.823. The average molecular weight is 252 g/mol. The Labute approximate surface area is 114 Å². The van der Waals surface area contributed by atoms with Gasteiger partial charge in [0.15, 0.2) is 0 Å². The van der Waals surface area contributed by atoms with Crippen LogP contribution in [0.1, 0.15) is 59.3 Å². The van der Waals surface area contributed by atoms with E-state index in [4.69, 9.17) is 0 Å². The van der Waals surface area contributed by atoms with Crippen LogP contribution in [0.15, 0.2) is 0 Å². The minimum absolute atomic E-state index is 0.823. The van der Waals surface area contributed by atoms with Crippen molar-refractivity contribution >= 4 is 0 Å². The fourth-order valence-corrected chi connectivity index (χ4v) is 3.74. The number of rotatable bonds is 7. The van der Waals surface area contributed by atoms with Gasteiger partial charge in [0.05, 0.1) is 0 Å². The lowest BCUT2D eigenvalue weighted by Crippen LogP contribution is -2.54. The molecule has 0 unspecified atom stereocenters. The molecular weight excluding hydrogens is 220 g/mol. The standard InChI is InChI=1S/C16H32N2/c1-4-5-6-7-10-17-12-15-8-9-16(13-17)18(15)11-14(2)3/h14-16H,4-13H2,1-3H3/t15-,16+. The molecule has 0 amide bonds. The fraction of sp³-hybridized carbons (Fsp3) is 1.00. The van der Waals surface area contributed by atoms with Crippen LogP contribution in [0.2, 0.25) is 0 Å². The van der Waals surface area contributed by atoms with Crippen LogP contribution in [0.4, 0.5) is 0 Å². The molecule has 0 N–H and O–H groups in total. The number of likely N-dealkylation sites (tertiary alicyclic amines) is 1. The first-order valence-electron chi connectivity index (χ1n) is 8.18. The molecule has 18 heavy (non-hydrogen) atoms. The van der Waals surface area contributed by atoms with E-state index < -0.39 is 0 Å². The predicted molar refractivity (Wildman–Crippen MR) is 78.9 cm³/mol. The van der Waals surface area contributed by atoms with Gasteiger partial charge in [0.2, 0.25) is 0 Å². The number of hydrogen-bond acceptors (Lipinski definition) is 2. The highest BCUT2D eigenvalue weighted by Gasteiger charge is 2.39. The van der Waals surface area contributed by atoms with Gasteiger partial charge in [-0.1, -0.05) is 40.0 Å². The van der Waals surface area contributed by atoms with Gasteiger partial charge in [-0.3, -0.25) is 4.90 Å². The van der Waals surface area contributed by atoms with E-state index in [2.05, 4.69) is 30.6 Å². The van der Waals surface area contributed by atoms with E-state index in [-0.39, 0.29) is 0 Å². The molecule has 2 heterocycles. The number of unbranched alkanes of at least 4 members (excludes halogenated alkanes) is 3. The van der Waals surface area contributed by atoms with E-state index in [1.807, 2.05) is 0 Å². The smallest absolute Gasteiger partial charge is 0.0227 e. The summed E-state index contributed by atoms with van der Waals surface area (Å²) in [6, 6.07) is 1.75. The molecule has 2 bridgehead atoms. The zero-order valence-electron chi connectivity index (χ0n) is 12.7. The Morgan fingerprint density at radius 3 is 2.22 bits per heavy atom. The molecule has 0 aromatic carbocycles. The SMILES string of the molecule is CCCCCCN1C[C@H]2CC[C@@H](C1)N2CC(C)C. The summed E-state index contributed by atoms with van der Waals surface area (Å²) in [7, 11) is 0. The van der Waals surface area contributed by atoms with E-state index in [9.17, 15) is 0 Å². The van der Waals surface area contributed by atoms with Crippen molar-refractivity contribution < 1.29 is 0 Å². The molecule has 2 fully saturated rings. The van der Waals surface area contributed by atoms with Gasteiger partial charge in [0, 0.05) is 31.7 Å². The lowest BCUT2D eigenvalue weighted by molar-refractivity contribution is 0.0572. The molecule has 0 aromatic rings. The Morgan fingerprint density at radius 1 is 1.00 bits per heavy atom. The Morgan fingerprint density at radius 2 is 1.67 bits per heavy atom. The first kappa shape index (κ1) is 14.3. The van der Waals surface area contributed by atoms with Crippen LogP contribution < -0.4 is 0 Å². The van der Waals surface area contributed by atoms with Crippen molar-refractivity contribution in [3.05, 3.63) is 0 Å². The van der Waals surface area contributed by atoms with Crippen molar-refractivity contribution in [1.82, 2.24) is 9.80 Å². The largest absolute Gasteiger partial charge is 0.300 e. The third-order valence-electron chi connectivity index (χ3n) is 4.61. The third-order valence-corrected chi connectivity index (χ3v) is 4.61. The van der Waals surface area contributed by atoms with Crippen molar-refractivity contribution in [1.29, 1.82) is 0 Å². The highest BCUT2D eigenvalue weighted by Crippen LogP contribution is 2.30. The summed E-state index contributed by atoms with van der Waals surface area (Å²) in [5, 5.41) is 0. The Balaban J connectivity index is 1.73. The highest BCUT2D eigenvalue weighted by molar-refractivity contribution is 4.95. The van der Waals surface area contributed by atoms with Crippen molar-refractivity contribution in [2.24, 2.45) is 5.92 Å². The zero-order valence-corrected chi connectivity index (χ0v) is 12.7. The molecule has 0 aromatic heterocycles. The quantitative estimate of drug-likeness (QED) is 0.641. The fourth-order valence-electron chi connectivity index (χ4n) is 3.74. The van der Waals surface area contributed by atoms with Gasteiger partial charge in [-0.25, -0.2) is 0 Å². The van der Waals surface area contributed by atoms with E-state index in [0.29, 0.717) is 0 Å². The van der Waals surface area contributed by atoms with Crippen molar-refractivity contribution in [2.45, 2.75) is 71.4 Å². The van der Waals surface area contributed by atoms with E-state index in [1.54, 1.807) is 0 Å². The number of fused-ring (bicyclic) bond motifs is 2. The van der Waals surface area contributed by atoms with Crippen LogP contribution in [0, 0.1) is 5.92 Å². The second kappa shape index (κ2) is 6.91. The van der Waals surface area contributed by atoms with Crippen LogP contribution in [0.25, 0.3) is 0 Å². The normalized spacial score (nSPS) is 29.3. The van der Waals surface area contributed by atoms with E-state index >= 15 is 0 Å². The minimum Gasteiger partial charge on any atom is -0.300 e. The van der Waals surface area contributed by atoms with Gasteiger partial charge in [0.1, 0.15) is 0 Å². The van der Waals surface area contributed by atoms with Gasteiger partial charge in [-0.15, -0.1) is 0 Å². The first-order valence-corrected chi connectivity index (χ1v) is 8.18. The second-order valence-corrected chi connectivity index (χ2v) is 6.80. The Hall–Kier alpha value is -0.0800. The molecule has 2 aliphatic heterocycles. The van der Waals surface area contributed by atoms with E-state index in [0.717, 1.165) is 18.0 Å². The van der Waals surface area contributed by atoms with Crippen molar-refractivity contribution in [3.63, 3.8) is 0 Å². The van der Waals surface area contributed by atoms with Crippen molar-refractivity contribution in [2.75, 3.05) is 26.2 Å². The molecule has 2 atom stereocenters. The van der Waals surface area contributed by atoms with E-state index in [1.165, 1.54) is 64.7 Å². The predicted octanol–water partition coefficient (Wildman–Crippen LogP) is 3.37. The maximum absolute atomic E-state index is 2.81. The minimum atomic E-state index is 0.823. The average Bonchev–Trinajstić information content (AvgIpc) is 2.58. The molecule has 106 valence electrons. The summed E-state index contributed by atoms with van der Waals surface area (Å²) < 4.78 is 0. The molecular formula is C16H32N2. The summed E-state index contributed by atoms with van der Waals surface area (Å²) in [6.45, 7) is 12.4. The summed E-state index contributed by atoms with van der Waals surface area (Å²) in [5.41, 5.74) is 0. The molecule has 0 aliphatic carbocycles. The van der Waals surface area contributed by atoms with Crippen LogP contribution in [-0.2, 0) is 0 Å². The maximum Gasteiger partial charge on any atom is 0.0227 e. The summed E-state index contributed by atoms with van der Waals surface area (Å²) in [6.07, 6.45) is 8.51. The highest BCUT2D eigenvalue weighted by atomic mass is 15.3. The second-order valence-electron chi connectivity index (χ2n) is 6.80. The molecule has 2 aliphatic rings. The maximum atomic E-state index is 2.81. The topological polar surface area (TPSA) is 6.48 Å². The molecule has 0 radical (unpaired) electrons. The molecule has 0 saturated carbocycles. The van der Waals surface area contributed by atoms with Crippen LogP contribution in [0.5, 0.6) is 0 Å². The Kier molecular flexibility index (Phi) is 5.50. The van der Waals surface area contributed by atoms with Crippen LogP contribution >= 0.6 is 0 Å². The van der Waals surface area contributed by atoms with Gasteiger partial charge >= 0.3 is 0 Å². The third kappa shape index (κ3) is 3.71. The lowest BCUT2D eigenvalue weighted by Gasteiger charge is -2.42.